The van der Waals surface area contributed by atoms with Crippen molar-refractivity contribution in [3.05, 3.63) is 59.7 Å². The first-order valence-corrected chi connectivity index (χ1v) is 8.13. The van der Waals surface area contributed by atoms with Gasteiger partial charge in [-0.3, -0.25) is 4.79 Å². The van der Waals surface area contributed by atoms with Gasteiger partial charge in [-0.25, -0.2) is 0 Å². The average molecular weight is 348 g/mol. The summed E-state index contributed by atoms with van der Waals surface area (Å²) in [5, 5.41) is 6.08. The van der Waals surface area contributed by atoms with Crippen molar-refractivity contribution in [1.29, 1.82) is 0 Å². The summed E-state index contributed by atoms with van der Waals surface area (Å²) in [6, 6.07) is 14.2. The van der Waals surface area contributed by atoms with E-state index in [4.69, 9.17) is 0 Å². The van der Waals surface area contributed by atoms with Crippen LogP contribution in [-0.4, -0.2) is 12.5 Å². The Labute approximate surface area is 146 Å². The van der Waals surface area contributed by atoms with Crippen LogP contribution >= 0.6 is 0 Å². The lowest BCUT2D eigenvalue weighted by molar-refractivity contribution is -0.114. The molecule has 1 amide bonds. The number of alkyl halides is 2. The molecule has 0 aliphatic carbocycles. The van der Waals surface area contributed by atoms with Crippen LogP contribution in [0.15, 0.2) is 48.5 Å². The number of amides is 1. The van der Waals surface area contributed by atoms with Crippen LogP contribution in [0.4, 0.5) is 14.5 Å². The van der Waals surface area contributed by atoms with E-state index >= 15 is 0 Å². The monoisotopic (exact) mass is 348 g/mol. The van der Waals surface area contributed by atoms with E-state index in [-0.39, 0.29) is 17.7 Å². The molecule has 1 atom stereocenters. The van der Waals surface area contributed by atoms with Crippen LogP contribution in [0.2, 0.25) is 0 Å². The molecule has 2 N–H and O–H groups in total. The molecule has 134 valence electrons. The number of rotatable bonds is 8. The quantitative estimate of drug-likeness (QED) is 0.739. The van der Waals surface area contributed by atoms with Crippen molar-refractivity contribution < 1.29 is 18.3 Å². The molecular formula is C19H22F2N2O2. The van der Waals surface area contributed by atoms with Crippen molar-refractivity contribution in [3.8, 4) is 5.75 Å². The minimum absolute atomic E-state index is 0.107. The Bertz CT molecular complexity index is 690. The van der Waals surface area contributed by atoms with E-state index in [2.05, 4.69) is 15.4 Å². The molecule has 2 rings (SSSR count). The van der Waals surface area contributed by atoms with E-state index in [1.807, 2.05) is 31.2 Å². The van der Waals surface area contributed by atoms with Gasteiger partial charge in [-0.2, -0.15) is 8.78 Å². The number of nitrogens with one attached hydrogen (secondary N) is 2. The third-order valence-corrected chi connectivity index (χ3v) is 3.75. The van der Waals surface area contributed by atoms with Crippen molar-refractivity contribution >= 4 is 11.6 Å². The molecule has 0 aromatic heterocycles. The van der Waals surface area contributed by atoms with Gasteiger partial charge in [0.25, 0.3) is 0 Å². The summed E-state index contributed by atoms with van der Waals surface area (Å²) in [5.74, 6) is 0.0745. The number of ether oxygens (including phenoxy) is 1. The molecule has 0 unspecified atom stereocenters. The van der Waals surface area contributed by atoms with Gasteiger partial charge in [0.15, 0.2) is 0 Å². The van der Waals surface area contributed by atoms with E-state index < -0.39 is 6.61 Å². The second-order valence-corrected chi connectivity index (χ2v) is 5.64. The minimum atomic E-state index is -2.85. The summed E-state index contributed by atoms with van der Waals surface area (Å²) in [5.41, 5.74) is 2.47. The SMILES string of the molecule is CC[C@H](NCc1ccc(NC(C)=O)cc1)c1ccccc1OC(F)F. The third kappa shape index (κ3) is 5.83. The first-order valence-electron chi connectivity index (χ1n) is 8.13. The number of hydrogen-bond acceptors (Lipinski definition) is 3. The van der Waals surface area contributed by atoms with Gasteiger partial charge in [0, 0.05) is 30.8 Å². The van der Waals surface area contributed by atoms with Crippen molar-refractivity contribution in [2.45, 2.75) is 39.5 Å². The first kappa shape index (κ1) is 18.9. The summed E-state index contributed by atoms with van der Waals surface area (Å²) in [4.78, 5) is 11.0. The molecule has 0 saturated heterocycles. The molecule has 4 nitrogen and oxygen atoms in total. The Hall–Kier alpha value is -2.47. The fourth-order valence-corrected chi connectivity index (χ4v) is 2.60. The Kier molecular flexibility index (Phi) is 6.89. The lowest BCUT2D eigenvalue weighted by atomic mass is 10.0. The molecule has 0 spiro atoms. The van der Waals surface area contributed by atoms with Crippen LogP contribution in [-0.2, 0) is 11.3 Å². The molecule has 0 heterocycles. The fraction of sp³-hybridized carbons (Fsp3) is 0.316. The molecule has 0 aliphatic heterocycles. The minimum Gasteiger partial charge on any atom is -0.434 e. The Morgan fingerprint density at radius 2 is 1.80 bits per heavy atom. The van der Waals surface area contributed by atoms with E-state index in [1.165, 1.54) is 6.92 Å². The predicted molar refractivity (Wildman–Crippen MR) is 93.7 cm³/mol. The topological polar surface area (TPSA) is 50.4 Å². The maximum absolute atomic E-state index is 12.6. The van der Waals surface area contributed by atoms with Crippen LogP contribution in [0.3, 0.4) is 0 Å². The van der Waals surface area contributed by atoms with E-state index in [1.54, 1.807) is 24.3 Å². The van der Waals surface area contributed by atoms with Crippen LogP contribution in [0, 0.1) is 0 Å². The maximum atomic E-state index is 12.6. The van der Waals surface area contributed by atoms with E-state index in [0.29, 0.717) is 12.1 Å². The summed E-state index contributed by atoms with van der Waals surface area (Å²) < 4.78 is 29.8. The number of halogens is 2. The van der Waals surface area contributed by atoms with Gasteiger partial charge in [0.2, 0.25) is 5.91 Å². The molecular weight excluding hydrogens is 326 g/mol. The maximum Gasteiger partial charge on any atom is 0.387 e. The number of anilines is 1. The van der Waals surface area contributed by atoms with Crippen LogP contribution in [0.25, 0.3) is 0 Å². The predicted octanol–water partition coefficient (Wildman–Crippen LogP) is 4.49. The third-order valence-electron chi connectivity index (χ3n) is 3.75. The highest BCUT2D eigenvalue weighted by Gasteiger charge is 2.16. The van der Waals surface area contributed by atoms with Crippen molar-refractivity contribution in [3.63, 3.8) is 0 Å². The summed E-state index contributed by atoms with van der Waals surface area (Å²) >= 11 is 0. The van der Waals surface area contributed by atoms with Crippen molar-refractivity contribution in [1.82, 2.24) is 5.32 Å². The van der Waals surface area contributed by atoms with E-state index in [9.17, 15) is 13.6 Å². The number of carbonyl (C=O) groups is 1. The zero-order valence-corrected chi connectivity index (χ0v) is 14.3. The average Bonchev–Trinajstić information content (AvgIpc) is 2.57. The van der Waals surface area contributed by atoms with Gasteiger partial charge in [0.1, 0.15) is 5.75 Å². The van der Waals surface area contributed by atoms with Gasteiger partial charge in [-0.05, 0) is 30.2 Å². The molecule has 25 heavy (non-hydrogen) atoms. The van der Waals surface area contributed by atoms with E-state index in [0.717, 1.165) is 17.7 Å². The standard InChI is InChI=1S/C19H22F2N2O2/c1-3-17(16-6-4-5-7-18(16)25-19(20)21)22-12-14-8-10-15(11-9-14)23-13(2)24/h4-11,17,19,22H,3,12H2,1-2H3,(H,23,24)/t17-/m0/s1. The fourth-order valence-electron chi connectivity index (χ4n) is 2.60. The molecule has 0 bridgehead atoms. The smallest absolute Gasteiger partial charge is 0.387 e. The molecule has 0 fully saturated rings. The lowest BCUT2D eigenvalue weighted by Crippen LogP contribution is -2.21. The Balaban J connectivity index is 2.04. The normalized spacial score (nSPS) is 12.0. The number of para-hydroxylation sites is 1. The second-order valence-electron chi connectivity index (χ2n) is 5.64. The first-order chi connectivity index (χ1) is 12.0. The summed E-state index contributed by atoms with van der Waals surface area (Å²) in [7, 11) is 0. The van der Waals surface area contributed by atoms with Crippen molar-refractivity contribution in [2.75, 3.05) is 5.32 Å². The molecule has 0 aliphatic rings. The lowest BCUT2D eigenvalue weighted by Gasteiger charge is -2.20. The van der Waals surface area contributed by atoms with Crippen LogP contribution < -0.4 is 15.4 Å². The highest BCUT2D eigenvalue weighted by Crippen LogP contribution is 2.28. The zero-order valence-electron chi connectivity index (χ0n) is 14.3. The molecule has 0 saturated carbocycles. The van der Waals surface area contributed by atoms with Gasteiger partial charge in [-0.1, -0.05) is 37.3 Å². The number of hydrogen-bond donors (Lipinski definition) is 2. The zero-order chi connectivity index (χ0) is 18.2. The van der Waals surface area contributed by atoms with Gasteiger partial charge >= 0.3 is 6.61 Å². The number of benzene rings is 2. The summed E-state index contributed by atoms with van der Waals surface area (Å²) in [6.07, 6.45) is 0.730. The van der Waals surface area contributed by atoms with Crippen molar-refractivity contribution in [2.24, 2.45) is 0 Å². The molecule has 6 heteroatoms. The largest absolute Gasteiger partial charge is 0.434 e. The van der Waals surface area contributed by atoms with Crippen LogP contribution in [0.1, 0.15) is 37.4 Å². The van der Waals surface area contributed by atoms with Gasteiger partial charge in [-0.15, -0.1) is 0 Å². The highest BCUT2D eigenvalue weighted by atomic mass is 19.3. The molecule has 2 aromatic carbocycles. The Morgan fingerprint density at radius 1 is 1.12 bits per heavy atom. The molecule has 0 radical (unpaired) electrons. The van der Waals surface area contributed by atoms with Gasteiger partial charge < -0.3 is 15.4 Å². The number of carbonyl (C=O) groups excluding carboxylic acids is 1. The second kappa shape index (κ2) is 9.13. The summed E-state index contributed by atoms with van der Waals surface area (Å²) in [6.45, 7) is 1.17. The highest BCUT2D eigenvalue weighted by molar-refractivity contribution is 5.88. The van der Waals surface area contributed by atoms with Crippen LogP contribution in [0.5, 0.6) is 5.75 Å². The Morgan fingerprint density at radius 3 is 2.40 bits per heavy atom. The van der Waals surface area contributed by atoms with Gasteiger partial charge in [0.05, 0.1) is 0 Å². The molecule has 2 aromatic rings.